The van der Waals surface area contributed by atoms with Gasteiger partial charge in [-0.3, -0.25) is 14.5 Å². The van der Waals surface area contributed by atoms with Crippen LogP contribution in [0.15, 0.2) is 29.3 Å². The van der Waals surface area contributed by atoms with Gasteiger partial charge in [0.15, 0.2) is 5.82 Å². The number of rotatable bonds is 5. The van der Waals surface area contributed by atoms with Crippen molar-refractivity contribution in [2.75, 3.05) is 10.0 Å². The molecule has 1 amide bonds. The molecule has 1 aromatic heterocycles. The average Bonchev–Trinajstić information content (AvgIpc) is 2.58. The van der Waals surface area contributed by atoms with E-state index in [9.17, 15) is 31.5 Å². The first kappa shape index (κ1) is 22.8. The van der Waals surface area contributed by atoms with Crippen molar-refractivity contribution >= 4 is 39.0 Å². The first-order valence-corrected chi connectivity index (χ1v) is 9.74. The minimum Gasteiger partial charge on any atom is -0.373 e. The number of aliphatic hydroxyl groups is 1. The van der Waals surface area contributed by atoms with Crippen LogP contribution >= 0.6 is 11.6 Å². The van der Waals surface area contributed by atoms with Crippen molar-refractivity contribution in [3.63, 3.8) is 0 Å². The van der Waals surface area contributed by atoms with Crippen LogP contribution in [0.5, 0.6) is 0 Å². The summed E-state index contributed by atoms with van der Waals surface area (Å²) in [4.78, 5) is 19.4. The number of anilines is 2. The third-order valence-electron chi connectivity index (χ3n) is 3.92. The van der Waals surface area contributed by atoms with Gasteiger partial charge in [-0.1, -0.05) is 11.6 Å². The van der Waals surface area contributed by atoms with Crippen molar-refractivity contribution in [1.82, 2.24) is 9.97 Å². The summed E-state index contributed by atoms with van der Waals surface area (Å²) in [6, 6.07) is 2.93. The van der Waals surface area contributed by atoms with Crippen LogP contribution < -0.4 is 10.0 Å². The maximum Gasteiger partial charge on any atom is 0.426 e. The second kappa shape index (κ2) is 7.76. The lowest BCUT2D eigenvalue weighted by molar-refractivity contribution is -0.242. The summed E-state index contributed by atoms with van der Waals surface area (Å²) in [6.07, 6.45) is -4.00. The highest BCUT2D eigenvalue weighted by Crippen LogP contribution is 2.32. The molecule has 0 radical (unpaired) electrons. The molecule has 3 N–H and O–H groups in total. The number of amides is 1. The second-order valence-corrected chi connectivity index (χ2v) is 8.29. The number of carbonyl (C=O) groups is 1. The van der Waals surface area contributed by atoms with Crippen LogP contribution in [-0.4, -0.2) is 41.2 Å². The van der Waals surface area contributed by atoms with E-state index >= 15 is 0 Å². The van der Waals surface area contributed by atoms with Gasteiger partial charge in [0, 0.05) is 0 Å². The second-order valence-electron chi connectivity index (χ2n) is 6.20. The number of nitrogens with zero attached hydrogens (tertiary/aromatic N) is 2. The number of aryl methyl sites for hydroxylation is 2. The van der Waals surface area contributed by atoms with E-state index in [1.165, 1.54) is 6.20 Å². The fraction of sp³-hybridized carbons (Fsp3) is 0.312. The van der Waals surface area contributed by atoms with Crippen LogP contribution in [0.1, 0.15) is 18.3 Å². The zero-order chi connectivity index (χ0) is 22.2. The van der Waals surface area contributed by atoms with Gasteiger partial charge in [-0.05, 0) is 39.0 Å². The minimum absolute atomic E-state index is 0.0390. The Morgan fingerprint density at radius 1 is 1.21 bits per heavy atom. The summed E-state index contributed by atoms with van der Waals surface area (Å²) >= 11 is 5.90. The van der Waals surface area contributed by atoms with Gasteiger partial charge in [0.05, 0.1) is 33.2 Å². The first-order valence-electron chi connectivity index (χ1n) is 7.88. The van der Waals surface area contributed by atoms with Crippen LogP contribution in [0.25, 0.3) is 0 Å². The van der Waals surface area contributed by atoms with Crippen molar-refractivity contribution in [2.24, 2.45) is 0 Å². The molecule has 1 heterocycles. The van der Waals surface area contributed by atoms with E-state index < -0.39 is 27.7 Å². The van der Waals surface area contributed by atoms with E-state index in [2.05, 4.69) is 14.7 Å². The van der Waals surface area contributed by atoms with Crippen LogP contribution in [-0.2, 0) is 14.8 Å². The SMILES string of the molecule is Cc1ncc(NS(=O)(=O)c2ccc(NC(=O)[C@@](C)(O)C(F)(F)F)c(Cl)c2)nc1C. The molecule has 0 aliphatic carbocycles. The van der Waals surface area contributed by atoms with E-state index in [1.807, 2.05) is 5.32 Å². The molecule has 1 atom stereocenters. The quantitative estimate of drug-likeness (QED) is 0.641. The number of benzene rings is 1. The number of hydrogen-bond donors (Lipinski definition) is 3. The number of nitrogens with one attached hydrogen (secondary N) is 2. The Kier molecular flexibility index (Phi) is 6.12. The molecule has 0 unspecified atom stereocenters. The van der Waals surface area contributed by atoms with Crippen LogP contribution in [0.3, 0.4) is 0 Å². The van der Waals surface area contributed by atoms with Crippen LogP contribution in [0.4, 0.5) is 24.7 Å². The van der Waals surface area contributed by atoms with Crippen molar-refractivity contribution in [2.45, 2.75) is 37.4 Å². The molecule has 0 spiro atoms. The molecule has 0 aliphatic rings. The molecule has 0 aliphatic heterocycles. The fourth-order valence-electron chi connectivity index (χ4n) is 1.92. The molecule has 2 rings (SSSR count). The number of hydrogen-bond acceptors (Lipinski definition) is 6. The van der Waals surface area contributed by atoms with E-state index in [-0.39, 0.29) is 28.3 Å². The molecular formula is C16H16ClF3N4O4S. The number of sulfonamides is 1. The summed E-state index contributed by atoms with van der Waals surface area (Å²) < 4.78 is 65.3. The lowest BCUT2D eigenvalue weighted by atomic mass is 10.1. The Morgan fingerprint density at radius 2 is 1.83 bits per heavy atom. The molecule has 0 fully saturated rings. The smallest absolute Gasteiger partial charge is 0.373 e. The van der Waals surface area contributed by atoms with Gasteiger partial charge < -0.3 is 10.4 Å². The molecular weight excluding hydrogens is 437 g/mol. The summed E-state index contributed by atoms with van der Waals surface area (Å²) in [5.74, 6) is -1.81. The van der Waals surface area contributed by atoms with Crippen LogP contribution in [0, 0.1) is 13.8 Å². The highest BCUT2D eigenvalue weighted by molar-refractivity contribution is 7.92. The average molecular weight is 453 g/mol. The molecule has 8 nitrogen and oxygen atoms in total. The molecule has 29 heavy (non-hydrogen) atoms. The van der Waals surface area contributed by atoms with E-state index in [0.29, 0.717) is 11.4 Å². The van der Waals surface area contributed by atoms with Crippen molar-refractivity contribution in [3.05, 3.63) is 40.8 Å². The molecule has 158 valence electrons. The number of aromatic nitrogens is 2. The van der Waals surface area contributed by atoms with E-state index in [0.717, 1.165) is 18.2 Å². The fourth-order valence-corrected chi connectivity index (χ4v) is 3.23. The molecule has 2 aromatic rings. The maximum absolute atomic E-state index is 12.7. The predicted molar refractivity (Wildman–Crippen MR) is 99.1 cm³/mol. The normalized spacial score (nSPS) is 14.2. The van der Waals surface area contributed by atoms with Gasteiger partial charge in [0.25, 0.3) is 15.9 Å². The highest BCUT2D eigenvalue weighted by Gasteiger charge is 2.55. The van der Waals surface area contributed by atoms with Gasteiger partial charge in [0.1, 0.15) is 0 Å². The Bertz CT molecular complexity index is 1060. The summed E-state index contributed by atoms with van der Waals surface area (Å²) in [5.41, 5.74) is -2.85. The predicted octanol–water partition coefficient (Wildman–Crippen LogP) is 2.80. The van der Waals surface area contributed by atoms with Gasteiger partial charge in [0.2, 0.25) is 5.60 Å². The van der Waals surface area contributed by atoms with Crippen molar-refractivity contribution < 1.29 is 31.5 Å². The Morgan fingerprint density at radius 3 is 2.34 bits per heavy atom. The maximum atomic E-state index is 12.7. The Hall–Kier alpha value is -2.44. The van der Waals surface area contributed by atoms with Crippen molar-refractivity contribution in [3.8, 4) is 0 Å². The minimum atomic E-state index is -5.22. The summed E-state index contributed by atoms with van der Waals surface area (Å²) in [7, 11) is -4.14. The molecule has 13 heteroatoms. The summed E-state index contributed by atoms with van der Waals surface area (Å²) in [6.45, 7) is 3.62. The Balaban J connectivity index is 2.26. The van der Waals surface area contributed by atoms with Crippen molar-refractivity contribution in [1.29, 1.82) is 0 Å². The Labute approximate surface area is 169 Å². The molecule has 0 saturated carbocycles. The van der Waals surface area contributed by atoms with Gasteiger partial charge >= 0.3 is 6.18 Å². The standard InChI is InChI=1S/C16H16ClF3N4O4S/c1-8-9(2)22-13(7-21-8)24-29(27,28)10-4-5-12(11(17)6-10)23-14(25)15(3,26)16(18,19)20/h4-7,26H,1-3H3,(H,22,24)(H,23,25)/t15-/m1/s1. The monoisotopic (exact) mass is 452 g/mol. The zero-order valence-electron chi connectivity index (χ0n) is 15.3. The molecule has 0 bridgehead atoms. The van der Waals surface area contributed by atoms with Gasteiger partial charge in [-0.2, -0.15) is 13.2 Å². The number of alkyl halides is 3. The summed E-state index contributed by atoms with van der Waals surface area (Å²) in [5, 5.41) is 10.8. The lowest BCUT2D eigenvalue weighted by Gasteiger charge is -2.25. The molecule has 1 aromatic carbocycles. The first-order chi connectivity index (χ1) is 13.1. The lowest BCUT2D eigenvalue weighted by Crippen LogP contribution is -2.52. The molecule has 0 saturated heterocycles. The third-order valence-corrected chi connectivity index (χ3v) is 5.59. The van der Waals surface area contributed by atoms with E-state index in [4.69, 9.17) is 11.6 Å². The van der Waals surface area contributed by atoms with E-state index in [1.54, 1.807) is 13.8 Å². The van der Waals surface area contributed by atoms with Crippen LogP contribution in [0.2, 0.25) is 5.02 Å². The number of halogens is 4. The van der Waals surface area contributed by atoms with Gasteiger partial charge in [-0.25, -0.2) is 13.4 Å². The third kappa shape index (κ3) is 4.95. The highest BCUT2D eigenvalue weighted by atomic mass is 35.5. The topological polar surface area (TPSA) is 121 Å². The zero-order valence-corrected chi connectivity index (χ0v) is 16.9. The number of carbonyl (C=O) groups excluding carboxylic acids is 1. The van der Waals surface area contributed by atoms with Gasteiger partial charge in [-0.15, -0.1) is 0 Å². The largest absolute Gasteiger partial charge is 0.426 e.